The number of aliphatic hydroxyl groups is 2. The Morgan fingerprint density at radius 1 is 1.21 bits per heavy atom. The largest absolute Gasteiger partial charge is 0.537 e. The zero-order valence-electron chi connectivity index (χ0n) is 20.7. The van der Waals surface area contributed by atoms with Gasteiger partial charge in [0.05, 0.1) is 0 Å². The number of nitrogen functional groups attached to an aromatic ring is 1. The molecule has 188 valence electrons. The van der Waals surface area contributed by atoms with Crippen LogP contribution in [0.3, 0.4) is 0 Å². The maximum atomic E-state index is 11.1. The second-order valence-electron chi connectivity index (χ2n) is 11.1. The predicted octanol–water partition coefficient (Wildman–Crippen LogP) is 3.50. The minimum absolute atomic E-state index is 0.0687. The van der Waals surface area contributed by atoms with Gasteiger partial charge in [-0.2, -0.15) is 0 Å². The molecule has 4 N–H and O–H groups in total. The summed E-state index contributed by atoms with van der Waals surface area (Å²) in [5.74, 6) is 1.48. The molecule has 0 bridgehead atoms. The highest BCUT2D eigenvalue weighted by molar-refractivity contribution is 7.80. The van der Waals surface area contributed by atoms with Crippen molar-refractivity contribution in [1.29, 1.82) is 0 Å². The van der Waals surface area contributed by atoms with Crippen LogP contribution in [0.2, 0.25) is 18.1 Å². The molecule has 2 fully saturated rings. The first-order valence-electron chi connectivity index (χ1n) is 12.1. The standard InChI is InChI=1S/C23H37N5O4SSi/c1-23(2,3)34(4,5)32-22(33)18-16(29)17(30)21(31-18)28-14(11-13-9-7-6-8-10-13)27-15-19(24)25-12-26-20(15)28/h12-13,16-18,21,29-30H,6-11H2,1-5H3,(H2,24,25,26)/t16-,17+,18-,21+/m0/s1. The Morgan fingerprint density at radius 3 is 2.53 bits per heavy atom. The molecule has 9 nitrogen and oxygen atoms in total. The number of aliphatic hydroxyl groups excluding tert-OH is 2. The number of nitrogens with zero attached hydrogens (tertiary/aromatic N) is 4. The average molecular weight is 508 g/mol. The van der Waals surface area contributed by atoms with Crippen LogP contribution in [0.1, 0.15) is 64.9 Å². The summed E-state index contributed by atoms with van der Waals surface area (Å²) in [5.41, 5.74) is 7.05. The number of rotatable bonds is 5. The van der Waals surface area contributed by atoms with E-state index in [0.29, 0.717) is 23.5 Å². The maximum absolute atomic E-state index is 11.1. The molecule has 34 heavy (non-hydrogen) atoms. The third-order valence-electron chi connectivity index (χ3n) is 7.66. The average Bonchev–Trinajstić information content (AvgIpc) is 3.26. The van der Waals surface area contributed by atoms with Crippen LogP contribution in [0.15, 0.2) is 6.33 Å². The first-order chi connectivity index (χ1) is 15.9. The van der Waals surface area contributed by atoms with E-state index in [2.05, 4.69) is 43.8 Å². The SMILES string of the molecule is CC(C)(C)[Si](C)(C)OC(=S)[C@H]1O[C@@H](n2c(CC3CCCCC3)nc3c(N)ncnc32)[C@H](O)[C@@H]1O. The number of ether oxygens (including phenoxy) is 1. The first-order valence-corrected chi connectivity index (χ1v) is 15.4. The van der Waals surface area contributed by atoms with E-state index in [9.17, 15) is 10.2 Å². The highest BCUT2D eigenvalue weighted by Crippen LogP contribution is 2.40. The van der Waals surface area contributed by atoms with E-state index in [1.54, 1.807) is 4.57 Å². The Labute approximate surface area is 207 Å². The van der Waals surface area contributed by atoms with Crippen molar-refractivity contribution in [3.8, 4) is 0 Å². The van der Waals surface area contributed by atoms with Crippen LogP contribution in [-0.2, 0) is 15.6 Å². The lowest BCUT2D eigenvalue weighted by molar-refractivity contribution is -0.0249. The van der Waals surface area contributed by atoms with Crippen molar-refractivity contribution in [3.63, 3.8) is 0 Å². The lowest BCUT2D eigenvalue weighted by Crippen LogP contribution is -2.46. The fourth-order valence-corrected chi connectivity index (χ4v) is 6.31. The highest BCUT2D eigenvalue weighted by Gasteiger charge is 2.50. The van der Waals surface area contributed by atoms with Gasteiger partial charge in [0.1, 0.15) is 24.4 Å². The molecular weight excluding hydrogens is 470 g/mol. The minimum atomic E-state index is -2.24. The van der Waals surface area contributed by atoms with E-state index in [0.717, 1.165) is 18.7 Å². The molecule has 4 rings (SSSR count). The number of fused-ring (bicyclic) bond motifs is 1. The van der Waals surface area contributed by atoms with Crippen LogP contribution in [-0.4, -0.2) is 61.4 Å². The Hall–Kier alpha value is -1.66. The molecule has 0 unspecified atom stereocenters. The molecule has 1 aliphatic carbocycles. The maximum Gasteiger partial charge on any atom is 0.251 e. The number of thiocarbonyl (C=S) groups is 1. The molecular formula is C23H37N5O4SSi. The number of nitrogens with two attached hydrogens (primary N) is 1. The second kappa shape index (κ2) is 9.42. The Kier molecular flexibility index (Phi) is 7.04. The van der Waals surface area contributed by atoms with Crippen molar-refractivity contribution in [2.45, 2.75) is 102 Å². The zero-order chi connectivity index (χ0) is 24.8. The summed E-state index contributed by atoms with van der Waals surface area (Å²) in [4.78, 5) is 13.2. The Balaban J connectivity index is 1.66. The van der Waals surface area contributed by atoms with Crippen molar-refractivity contribution in [2.75, 3.05) is 5.73 Å². The van der Waals surface area contributed by atoms with Crippen molar-refractivity contribution in [2.24, 2.45) is 5.92 Å². The zero-order valence-corrected chi connectivity index (χ0v) is 22.5. The molecule has 0 amide bonds. The van der Waals surface area contributed by atoms with Crippen molar-refractivity contribution < 1.29 is 19.4 Å². The van der Waals surface area contributed by atoms with Gasteiger partial charge in [-0.25, -0.2) is 15.0 Å². The number of hydrogen-bond acceptors (Lipinski definition) is 9. The van der Waals surface area contributed by atoms with Gasteiger partial charge in [0.2, 0.25) is 0 Å². The van der Waals surface area contributed by atoms with E-state index >= 15 is 0 Å². The molecule has 0 radical (unpaired) electrons. The van der Waals surface area contributed by atoms with Crippen LogP contribution in [0.25, 0.3) is 11.2 Å². The van der Waals surface area contributed by atoms with E-state index in [-0.39, 0.29) is 15.9 Å². The molecule has 3 heterocycles. The number of anilines is 1. The second-order valence-corrected chi connectivity index (χ2v) is 16.3. The molecule has 1 saturated carbocycles. The quantitative estimate of drug-likeness (QED) is 0.411. The summed E-state index contributed by atoms with van der Waals surface area (Å²) in [6.07, 6.45) is 3.70. The van der Waals surface area contributed by atoms with Crippen LogP contribution in [0.4, 0.5) is 5.82 Å². The summed E-state index contributed by atoms with van der Waals surface area (Å²) < 4.78 is 14.2. The summed E-state index contributed by atoms with van der Waals surface area (Å²) in [5, 5.41) is 22.1. The van der Waals surface area contributed by atoms with Crippen LogP contribution in [0.5, 0.6) is 0 Å². The third kappa shape index (κ3) is 4.72. The molecule has 4 atom stereocenters. The molecule has 2 aromatic heterocycles. The van der Waals surface area contributed by atoms with Gasteiger partial charge in [0, 0.05) is 6.42 Å². The monoisotopic (exact) mass is 507 g/mol. The molecule has 11 heteroatoms. The minimum Gasteiger partial charge on any atom is -0.537 e. The van der Waals surface area contributed by atoms with Gasteiger partial charge in [-0.05, 0) is 36.3 Å². The van der Waals surface area contributed by atoms with Gasteiger partial charge in [-0.3, -0.25) is 4.57 Å². The van der Waals surface area contributed by atoms with E-state index in [4.69, 9.17) is 32.1 Å². The topological polar surface area (TPSA) is 129 Å². The van der Waals surface area contributed by atoms with E-state index < -0.39 is 32.9 Å². The lowest BCUT2D eigenvalue weighted by Gasteiger charge is -2.37. The summed E-state index contributed by atoms with van der Waals surface area (Å²) >= 11 is 5.57. The molecule has 0 spiro atoms. The first kappa shape index (κ1) is 25.4. The van der Waals surface area contributed by atoms with Crippen molar-refractivity contribution in [3.05, 3.63) is 12.2 Å². The van der Waals surface area contributed by atoms with Gasteiger partial charge in [0.25, 0.3) is 8.32 Å². The Bertz CT molecular complexity index is 1050. The number of imidazole rings is 1. The third-order valence-corrected chi connectivity index (χ3v) is 12.5. The lowest BCUT2D eigenvalue weighted by atomic mass is 9.87. The summed E-state index contributed by atoms with van der Waals surface area (Å²) in [7, 11) is -2.24. The van der Waals surface area contributed by atoms with Gasteiger partial charge in [-0.15, -0.1) is 0 Å². The van der Waals surface area contributed by atoms with Crippen LogP contribution < -0.4 is 5.73 Å². The van der Waals surface area contributed by atoms with Gasteiger partial charge >= 0.3 is 0 Å². The van der Waals surface area contributed by atoms with Crippen molar-refractivity contribution >= 4 is 42.6 Å². The van der Waals surface area contributed by atoms with Gasteiger partial charge in [-0.1, -0.05) is 52.9 Å². The normalized spacial score (nSPS) is 26.8. The van der Waals surface area contributed by atoms with Gasteiger partial charge < -0.3 is 25.1 Å². The molecule has 0 aromatic carbocycles. The van der Waals surface area contributed by atoms with Crippen LogP contribution >= 0.6 is 12.2 Å². The Morgan fingerprint density at radius 2 is 1.88 bits per heavy atom. The number of hydrogen-bond donors (Lipinski definition) is 3. The fourth-order valence-electron chi connectivity index (χ4n) is 4.56. The molecule has 1 aliphatic heterocycles. The van der Waals surface area contributed by atoms with E-state index in [1.165, 1.54) is 25.6 Å². The summed E-state index contributed by atoms with van der Waals surface area (Å²) in [6.45, 7) is 10.5. The van der Waals surface area contributed by atoms with Crippen molar-refractivity contribution in [1.82, 2.24) is 19.5 Å². The van der Waals surface area contributed by atoms with E-state index in [1.807, 2.05) is 0 Å². The molecule has 2 aromatic rings. The molecule has 2 aliphatic rings. The summed E-state index contributed by atoms with van der Waals surface area (Å²) in [6, 6.07) is 0. The highest BCUT2D eigenvalue weighted by atomic mass is 32.1. The van der Waals surface area contributed by atoms with Crippen LogP contribution in [0, 0.1) is 5.92 Å². The van der Waals surface area contributed by atoms with Gasteiger partial charge in [0.15, 0.2) is 34.4 Å². The molecule has 1 saturated heterocycles. The number of aromatic nitrogens is 4. The smallest absolute Gasteiger partial charge is 0.251 e. The fraction of sp³-hybridized carbons (Fsp3) is 0.739. The predicted molar refractivity (Wildman–Crippen MR) is 137 cm³/mol.